The van der Waals surface area contributed by atoms with E-state index in [0.29, 0.717) is 11.6 Å². The van der Waals surface area contributed by atoms with Crippen LogP contribution in [-0.4, -0.2) is 37.2 Å². The first-order chi connectivity index (χ1) is 13.6. The van der Waals surface area contributed by atoms with Gasteiger partial charge in [0.15, 0.2) is 0 Å². The van der Waals surface area contributed by atoms with Crippen LogP contribution in [0.5, 0.6) is 5.75 Å². The van der Waals surface area contributed by atoms with Gasteiger partial charge in [0, 0.05) is 35.3 Å². The van der Waals surface area contributed by atoms with Gasteiger partial charge in [0.2, 0.25) is 0 Å². The van der Waals surface area contributed by atoms with Crippen molar-refractivity contribution in [1.82, 2.24) is 9.88 Å². The van der Waals surface area contributed by atoms with Crippen molar-refractivity contribution in [2.24, 2.45) is 0 Å². The average molecular weight is 384 g/mol. The van der Waals surface area contributed by atoms with Crippen molar-refractivity contribution in [3.05, 3.63) is 41.6 Å². The molecule has 0 atom stereocenters. The molecule has 150 valence electrons. The monoisotopic (exact) mass is 384 g/mol. The average Bonchev–Trinajstić information content (AvgIpc) is 3.02. The lowest BCUT2D eigenvalue weighted by molar-refractivity contribution is -0.134. The number of hydrogen-bond acceptors (Lipinski definition) is 4. The fourth-order valence-electron chi connectivity index (χ4n) is 4.11. The Hall–Kier alpha value is -2.76. The maximum Gasteiger partial charge on any atom is 0.330 e. The lowest BCUT2D eigenvalue weighted by atomic mass is 9.95. The maximum atomic E-state index is 13.0. The van der Waals surface area contributed by atoms with Crippen LogP contribution in [-0.2, 0) is 9.53 Å². The third-order valence-electron chi connectivity index (χ3n) is 5.46. The summed E-state index contributed by atoms with van der Waals surface area (Å²) in [7, 11) is 2.95. The molecule has 1 aliphatic rings. The number of aromatic nitrogens is 1. The van der Waals surface area contributed by atoms with Crippen molar-refractivity contribution in [1.29, 1.82) is 0 Å². The van der Waals surface area contributed by atoms with E-state index in [9.17, 15) is 9.59 Å². The summed E-state index contributed by atoms with van der Waals surface area (Å²) < 4.78 is 12.3. The molecular formula is C22H28N2O4. The Morgan fingerprint density at radius 3 is 2.64 bits per heavy atom. The highest BCUT2D eigenvalue weighted by Gasteiger charge is 2.25. The third-order valence-corrected chi connectivity index (χ3v) is 5.46. The smallest absolute Gasteiger partial charge is 0.330 e. The first-order valence-electron chi connectivity index (χ1n) is 9.78. The second-order valence-electron chi connectivity index (χ2n) is 7.14. The van der Waals surface area contributed by atoms with Gasteiger partial charge in [0.05, 0.1) is 19.8 Å². The van der Waals surface area contributed by atoms with Gasteiger partial charge >= 0.3 is 5.97 Å². The summed E-state index contributed by atoms with van der Waals surface area (Å²) in [6, 6.07) is 6.34. The second-order valence-corrected chi connectivity index (χ2v) is 7.14. The van der Waals surface area contributed by atoms with Crippen LogP contribution in [0, 0.1) is 6.92 Å². The fraction of sp³-hybridized carbons (Fsp3) is 0.455. The molecule has 0 aliphatic heterocycles. The van der Waals surface area contributed by atoms with Crippen molar-refractivity contribution in [3.63, 3.8) is 0 Å². The Labute approximate surface area is 165 Å². The second kappa shape index (κ2) is 8.95. The maximum absolute atomic E-state index is 13.0. The summed E-state index contributed by atoms with van der Waals surface area (Å²) in [4.78, 5) is 24.1. The first-order valence-corrected chi connectivity index (χ1v) is 9.78. The Bertz CT molecular complexity index is 892. The minimum absolute atomic E-state index is 0.153. The van der Waals surface area contributed by atoms with Gasteiger partial charge in [0.25, 0.3) is 5.91 Å². The highest BCUT2D eigenvalue weighted by molar-refractivity contribution is 6.09. The van der Waals surface area contributed by atoms with E-state index in [2.05, 4.69) is 14.6 Å². The topological polar surface area (TPSA) is 69.6 Å². The zero-order valence-corrected chi connectivity index (χ0v) is 16.8. The van der Waals surface area contributed by atoms with E-state index in [4.69, 9.17) is 4.74 Å². The van der Waals surface area contributed by atoms with E-state index >= 15 is 0 Å². The number of methoxy groups -OCH3 is 2. The SMILES string of the molecule is COC(=O)/C=C/CNC(=O)c1c(C)n(C2CCCCC2)c2ccc(OC)cc12. The molecule has 1 heterocycles. The summed E-state index contributed by atoms with van der Waals surface area (Å²) in [5.74, 6) is 0.136. The molecule has 1 fully saturated rings. The molecule has 28 heavy (non-hydrogen) atoms. The minimum Gasteiger partial charge on any atom is -0.497 e. The fourth-order valence-corrected chi connectivity index (χ4v) is 4.11. The van der Waals surface area contributed by atoms with E-state index in [1.165, 1.54) is 32.4 Å². The predicted octanol–water partition coefficient (Wildman–Crippen LogP) is 3.92. The minimum atomic E-state index is -0.441. The van der Waals surface area contributed by atoms with Crippen LogP contribution in [0.4, 0.5) is 0 Å². The Balaban J connectivity index is 1.95. The molecule has 3 rings (SSSR count). The molecule has 6 heteroatoms. The number of carbonyl (C=O) groups excluding carboxylic acids is 2. The summed E-state index contributed by atoms with van der Waals surface area (Å²) in [5.41, 5.74) is 2.72. The van der Waals surface area contributed by atoms with Gasteiger partial charge in [-0.1, -0.05) is 25.3 Å². The van der Waals surface area contributed by atoms with E-state index in [1.807, 2.05) is 25.1 Å². The van der Waals surface area contributed by atoms with Gasteiger partial charge < -0.3 is 19.4 Å². The number of rotatable bonds is 6. The van der Waals surface area contributed by atoms with Gasteiger partial charge in [-0.3, -0.25) is 4.79 Å². The Morgan fingerprint density at radius 1 is 1.21 bits per heavy atom. The predicted molar refractivity (Wildman–Crippen MR) is 109 cm³/mol. The van der Waals surface area contributed by atoms with Gasteiger partial charge in [-0.05, 0) is 38.0 Å². The summed E-state index contributed by atoms with van der Waals surface area (Å²) >= 11 is 0. The standard InChI is InChI=1S/C22H28N2O4/c1-15-21(22(26)23-13-7-10-20(25)28-3)18-14-17(27-2)11-12-19(18)24(15)16-8-5-4-6-9-16/h7,10-12,14,16H,4-6,8-9,13H2,1-3H3,(H,23,26)/b10-7+. The number of carbonyl (C=O) groups is 2. The summed E-state index contributed by atoms with van der Waals surface area (Å²) in [6.07, 6.45) is 8.89. The molecule has 0 spiro atoms. The van der Waals surface area contributed by atoms with Crippen molar-refractivity contribution in [2.45, 2.75) is 45.1 Å². The van der Waals surface area contributed by atoms with Crippen LogP contribution in [0.25, 0.3) is 10.9 Å². The lowest BCUT2D eigenvalue weighted by Crippen LogP contribution is -2.24. The molecule has 1 amide bonds. The highest BCUT2D eigenvalue weighted by Crippen LogP contribution is 2.37. The number of hydrogen-bond donors (Lipinski definition) is 1. The highest BCUT2D eigenvalue weighted by atomic mass is 16.5. The third kappa shape index (κ3) is 4.06. The molecular weight excluding hydrogens is 356 g/mol. The zero-order chi connectivity index (χ0) is 20.1. The number of nitrogens with zero attached hydrogens (tertiary/aromatic N) is 1. The molecule has 0 saturated heterocycles. The molecule has 0 unspecified atom stereocenters. The van der Waals surface area contributed by atoms with Gasteiger partial charge in [0.1, 0.15) is 5.75 Å². The number of amides is 1. The number of benzene rings is 1. The van der Waals surface area contributed by atoms with Crippen LogP contribution >= 0.6 is 0 Å². The van der Waals surface area contributed by atoms with E-state index in [-0.39, 0.29) is 12.5 Å². The van der Waals surface area contributed by atoms with E-state index in [1.54, 1.807) is 13.2 Å². The van der Waals surface area contributed by atoms with Crippen LogP contribution in [0.3, 0.4) is 0 Å². The van der Waals surface area contributed by atoms with Crippen molar-refractivity contribution < 1.29 is 19.1 Å². The number of nitrogens with one attached hydrogen (secondary N) is 1. The molecule has 6 nitrogen and oxygen atoms in total. The van der Waals surface area contributed by atoms with E-state index in [0.717, 1.165) is 35.2 Å². The first kappa shape index (κ1) is 20.0. The molecule has 1 saturated carbocycles. The van der Waals surface area contributed by atoms with Crippen LogP contribution in [0.15, 0.2) is 30.4 Å². The number of esters is 1. The van der Waals surface area contributed by atoms with Gasteiger partial charge in [-0.15, -0.1) is 0 Å². The van der Waals surface area contributed by atoms with Crippen molar-refractivity contribution in [3.8, 4) is 5.75 Å². The largest absolute Gasteiger partial charge is 0.497 e. The molecule has 0 bridgehead atoms. The summed E-state index contributed by atoms with van der Waals surface area (Å²) in [6.45, 7) is 2.27. The van der Waals surface area contributed by atoms with Gasteiger partial charge in [-0.25, -0.2) is 4.79 Å². The molecule has 1 aromatic heterocycles. The van der Waals surface area contributed by atoms with Crippen LogP contribution in [0.2, 0.25) is 0 Å². The molecule has 2 aromatic rings. The number of ether oxygens (including phenoxy) is 2. The Morgan fingerprint density at radius 2 is 1.96 bits per heavy atom. The van der Waals surface area contributed by atoms with E-state index < -0.39 is 5.97 Å². The van der Waals surface area contributed by atoms with Crippen molar-refractivity contribution in [2.75, 3.05) is 20.8 Å². The van der Waals surface area contributed by atoms with Crippen LogP contribution < -0.4 is 10.1 Å². The van der Waals surface area contributed by atoms with Gasteiger partial charge in [-0.2, -0.15) is 0 Å². The normalized spacial score (nSPS) is 15.1. The van der Waals surface area contributed by atoms with Crippen LogP contribution in [0.1, 0.15) is 54.2 Å². The number of fused-ring (bicyclic) bond motifs is 1. The molecule has 0 radical (unpaired) electrons. The molecule has 1 aromatic carbocycles. The molecule has 1 aliphatic carbocycles. The van der Waals surface area contributed by atoms with Crippen molar-refractivity contribution >= 4 is 22.8 Å². The quantitative estimate of drug-likeness (QED) is 0.605. The Kier molecular flexibility index (Phi) is 6.39. The summed E-state index contributed by atoms with van der Waals surface area (Å²) in [5, 5.41) is 3.78. The lowest BCUT2D eigenvalue weighted by Gasteiger charge is -2.26. The zero-order valence-electron chi connectivity index (χ0n) is 16.8. The molecule has 1 N–H and O–H groups in total.